The zero-order chi connectivity index (χ0) is 15.9. The predicted octanol–water partition coefficient (Wildman–Crippen LogP) is 3.37. The van der Waals surface area contributed by atoms with Gasteiger partial charge in [0.1, 0.15) is 0 Å². The van der Waals surface area contributed by atoms with Crippen LogP contribution < -0.4 is 5.32 Å². The van der Waals surface area contributed by atoms with Crippen LogP contribution in [0.25, 0.3) is 0 Å². The van der Waals surface area contributed by atoms with Crippen LogP contribution in [0.4, 0.5) is 5.69 Å². The lowest BCUT2D eigenvalue weighted by Gasteiger charge is -2.27. The molecule has 0 aliphatic heterocycles. The summed E-state index contributed by atoms with van der Waals surface area (Å²) in [5, 5.41) is 2.73. The lowest BCUT2D eigenvalue weighted by atomic mass is 10.1. The number of benzene rings is 1. The molecule has 1 saturated carbocycles. The molecule has 22 heavy (non-hydrogen) atoms. The molecule has 1 aromatic rings. The summed E-state index contributed by atoms with van der Waals surface area (Å²) in [6.45, 7) is 1.49. The fourth-order valence-electron chi connectivity index (χ4n) is 3.06. The van der Waals surface area contributed by atoms with E-state index in [9.17, 15) is 9.59 Å². The van der Waals surface area contributed by atoms with Gasteiger partial charge in [-0.25, -0.2) is 0 Å². The molecule has 0 saturated heterocycles. The van der Waals surface area contributed by atoms with Gasteiger partial charge >= 0.3 is 0 Å². The predicted molar refractivity (Wildman–Crippen MR) is 88.7 cm³/mol. The Morgan fingerprint density at radius 1 is 1.09 bits per heavy atom. The summed E-state index contributed by atoms with van der Waals surface area (Å²) < 4.78 is 0. The first-order valence-corrected chi connectivity index (χ1v) is 8.18. The van der Waals surface area contributed by atoms with E-state index < -0.39 is 0 Å². The Morgan fingerprint density at radius 3 is 2.23 bits per heavy atom. The Bertz CT molecular complexity index is 502. The summed E-state index contributed by atoms with van der Waals surface area (Å²) in [5.74, 6) is 0.0936. The standard InChI is InChI=1S/C18H26N2O2/c1-14(21)19-16-11-9-15(10-12-16)13-18(22)20(2)17-7-5-3-4-6-8-17/h9-12,17H,3-8,13H2,1-2H3,(H,19,21). The number of nitrogens with one attached hydrogen (secondary N) is 1. The second-order valence-electron chi connectivity index (χ2n) is 6.20. The number of carbonyl (C=O) groups excluding carboxylic acids is 2. The minimum Gasteiger partial charge on any atom is -0.342 e. The van der Waals surface area contributed by atoms with Gasteiger partial charge in [0.15, 0.2) is 0 Å². The number of likely N-dealkylation sites (N-methyl/N-ethyl adjacent to an activating group) is 1. The third kappa shape index (κ3) is 4.86. The Hall–Kier alpha value is -1.84. The molecule has 0 bridgehead atoms. The first-order valence-electron chi connectivity index (χ1n) is 8.18. The Kier molecular flexibility index (Phi) is 5.99. The number of amides is 2. The molecule has 1 fully saturated rings. The fraction of sp³-hybridized carbons (Fsp3) is 0.556. The molecular formula is C18H26N2O2. The van der Waals surface area contributed by atoms with Gasteiger partial charge in [0.25, 0.3) is 0 Å². The summed E-state index contributed by atoms with van der Waals surface area (Å²) in [6.07, 6.45) is 7.73. The highest BCUT2D eigenvalue weighted by Crippen LogP contribution is 2.21. The van der Waals surface area contributed by atoms with Crippen LogP contribution in [0.15, 0.2) is 24.3 Å². The zero-order valence-electron chi connectivity index (χ0n) is 13.6. The quantitative estimate of drug-likeness (QED) is 0.867. The number of hydrogen-bond acceptors (Lipinski definition) is 2. The van der Waals surface area contributed by atoms with Crippen molar-refractivity contribution in [3.05, 3.63) is 29.8 Å². The van der Waals surface area contributed by atoms with E-state index in [4.69, 9.17) is 0 Å². The average molecular weight is 302 g/mol. The van der Waals surface area contributed by atoms with Crippen LogP contribution in [0.5, 0.6) is 0 Å². The number of rotatable bonds is 4. The van der Waals surface area contributed by atoms with E-state index in [2.05, 4.69) is 5.32 Å². The summed E-state index contributed by atoms with van der Waals surface area (Å²) in [4.78, 5) is 25.4. The molecule has 2 amide bonds. The zero-order valence-corrected chi connectivity index (χ0v) is 13.6. The smallest absolute Gasteiger partial charge is 0.226 e. The van der Waals surface area contributed by atoms with Gasteiger partial charge in [-0.15, -0.1) is 0 Å². The number of nitrogens with zero attached hydrogens (tertiary/aromatic N) is 1. The molecule has 0 radical (unpaired) electrons. The maximum absolute atomic E-state index is 12.4. The fourth-order valence-corrected chi connectivity index (χ4v) is 3.06. The van der Waals surface area contributed by atoms with Crippen LogP contribution in [0.3, 0.4) is 0 Å². The number of carbonyl (C=O) groups is 2. The molecule has 0 atom stereocenters. The molecule has 2 rings (SSSR count). The highest BCUT2D eigenvalue weighted by molar-refractivity contribution is 5.88. The van der Waals surface area contributed by atoms with Crippen LogP contribution in [0.1, 0.15) is 51.0 Å². The van der Waals surface area contributed by atoms with Gasteiger partial charge in [-0.2, -0.15) is 0 Å². The molecule has 0 unspecified atom stereocenters. The number of anilines is 1. The van der Waals surface area contributed by atoms with Gasteiger partial charge in [-0.05, 0) is 30.5 Å². The summed E-state index contributed by atoms with van der Waals surface area (Å²) in [7, 11) is 1.93. The van der Waals surface area contributed by atoms with Gasteiger partial charge in [0.2, 0.25) is 11.8 Å². The van der Waals surface area contributed by atoms with Crippen molar-refractivity contribution >= 4 is 17.5 Å². The van der Waals surface area contributed by atoms with Crippen LogP contribution in [0.2, 0.25) is 0 Å². The monoisotopic (exact) mass is 302 g/mol. The second kappa shape index (κ2) is 7.97. The van der Waals surface area contributed by atoms with E-state index in [-0.39, 0.29) is 11.8 Å². The molecule has 0 spiro atoms. The topological polar surface area (TPSA) is 49.4 Å². The Labute approximate surface area is 132 Å². The van der Waals surface area contributed by atoms with Gasteiger partial charge < -0.3 is 10.2 Å². The highest BCUT2D eigenvalue weighted by atomic mass is 16.2. The average Bonchev–Trinajstić information content (AvgIpc) is 2.77. The van der Waals surface area contributed by atoms with E-state index in [0.29, 0.717) is 12.5 Å². The Balaban J connectivity index is 1.91. The van der Waals surface area contributed by atoms with E-state index in [0.717, 1.165) is 24.1 Å². The molecular weight excluding hydrogens is 276 g/mol. The first-order chi connectivity index (χ1) is 10.6. The van der Waals surface area contributed by atoms with Crippen LogP contribution in [0, 0.1) is 0 Å². The van der Waals surface area contributed by atoms with Gasteiger partial charge in [-0.3, -0.25) is 9.59 Å². The van der Waals surface area contributed by atoms with Crippen molar-refractivity contribution in [3.8, 4) is 0 Å². The molecule has 120 valence electrons. The van der Waals surface area contributed by atoms with Crippen molar-refractivity contribution in [1.29, 1.82) is 0 Å². The van der Waals surface area contributed by atoms with Gasteiger partial charge in [-0.1, -0.05) is 37.8 Å². The van der Waals surface area contributed by atoms with Gasteiger partial charge in [0.05, 0.1) is 6.42 Å². The molecule has 4 nitrogen and oxygen atoms in total. The minimum absolute atomic E-state index is 0.0862. The maximum Gasteiger partial charge on any atom is 0.226 e. The summed E-state index contributed by atoms with van der Waals surface area (Å²) in [5.41, 5.74) is 1.75. The van der Waals surface area contributed by atoms with E-state index in [1.54, 1.807) is 0 Å². The first kappa shape index (κ1) is 16.5. The normalized spacial score (nSPS) is 15.9. The molecule has 1 aliphatic carbocycles. The second-order valence-corrected chi connectivity index (χ2v) is 6.20. The SMILES string of the molecule is CC(=O)Nc1ccc(CC(=O)N(C)C2CCCCCC2)cc1. The van der Waals surface area contributed by atoms with Crippen LogP contribution in [-0.2, 0) is 16.0 Å². The molecule has 0 heterocycles. The molecule has 1 N–H and O–H groups in total. The largest absolute Gasteiger partial charge is 0.342 e. The van der Waals surface area contributed by atoms with Crippen molar-refractivity contribution in [2.45, 2.75) is 57.9 Å². The van der Waals surface area contributed by atoms with Crippen molar-refractivity contribution in [2.75, 3.05) is 12.4 Å². The maximum atomic E-state index is 12.4. The molecule has 0 aromatic heterocycles. The van der Waals surface area contributed by atoms with Crippen molar-refractivity contribution in [3.63, 3.8) is 0 Å². The van der Waals surface area contributed by atoms with Crippen molar-refractivity contribution < 1.29 is 9.59 Å². The Morgan fingerprint density at radius 2 is 1.68 bits per heavy atom. The lowest BCUT2D eigenvalue weighted by molar-refractivity contribution is -0.131. The van der Waals surface area contributed by atoms with Gasteiger partial charge in [0, 0.05) is 25.7 Å². The molecule has 1 aromatic carbocycles. The molecule has 1 aliphatic rings. The minimum atomic E-state index is -0.0862. The number of hydrogen-bond donors (Lipinski definition) is 1. The van der Waals surface area contributed by atoms with Crippen LogP contribution in [-0.4, -0.2) is 29.8 Å². The van der Waals surface area contributed by atoms with E-state index in [1.807, 2.05) is 36.2 Å². The van der Waals surface area contributed by atoms with Crippen molar-refractivity contribution in [1.82, 2.24) is 4.90 Å². The van der Waals surface area contributed by atoms with E-state index in [1.165, 1.54) is 32.6 Å². The highest BCUT2D eigenvalue weighted by Gasteiger charge is 2.21. The third-order valence-electron chi connectivity index (χ3n) is 4.40. The van der Waals surface area contributed by atoms with E-state index >= 15 is 0 Å². The van der Waals surface area contributed by atoms with Crippen molar-refractivity contribution in [2.24, 2.45) is 0 Å². The lowest BCUT2D eigenvalue weighted by Crippen LogP contribution is -2.37. The third-order valence-corrected chi connectivity index (χ3v) is 4.40. The van der Waals surface area contributed by atoms with Crippen LogP contribution >= 0.6 is 0 Å². The summed E-state index contributed by atoms with van der Waals surface area (Å²) in [6, 6.07) is 7.90. The summed E-state index contributed by atoms with van der Waals surface area (Å²) >= 11 is 0. The molecule has 4 heteroatoms.